The number of aromatic nitrogens is 1. The van der Waals surface area contributed by atoms with Crippen LogP contribution >= 0.6 is 0 Å². The molecule has 1 aromatic heterocycles. The molecule has 0 saturated carbocycles. The lowest BCUT2D eigenvalue weighted by Gasteiger charge is -2.07. The minimum absolute atomic E-state index is 0.299. The molecule has 5 nitrogen and oxygen atoms in total. The number of ether oxygens (including phenoxy) is 2. The Morgan fingerprint density at radius 1 is 1.17 bits per heavy atom. The summed E-state index contributed by atoms with van der Waals surface area (Å²) in [5.41, 5.74) is 2.17. The van der Waals surface area contributed by atoms with Gasteiger partial charge in [0.1, 0.15) is 5.75 Å². The zero-order valence-electron chi connectivity index (χ0n) is 12.7. The van der Waals surface area contributed by atoms with Crippen molar-refractivity contribution in [2.24, 2.45) is 4.99 Å². The Morgan fingerprint density at radius 2 is 2.04 bits per heavy atom. The molecule has 23 heavy (non-hydrogen) atoms. The number of pyridine rings is 1. The van der Waals surface area contributed by atoms with E-state index >= 15 is 0 Å². The first-order valence-electron chi connectivity index (χ1n) is 7.29. The summed E-state index contributed by atoms with van der Waals surface area (Å²) >= 11 is 0. The molecule has 0 spiro atoms. The maximum absolute atomic E-state index is 11.9. The monoisotopic (exact) mass is 308 g/mol. The Morgan fingerprint density at radius 3 is 2.83 bits per heavy atom. The number of nitrogens with zero attached hydrogens (tertiary/aromatic N) is 2. The quantitative estimate of drug-likeness (QED) is 0.629. The molecule has 2 heterocycles. The summed E-state index contributed by atoms with van der Waals surface area (Å²) in [7, 11) is 1.64. The van der Waals surface area contributed by atoms with Crippen molar-refractivity contribution in [3.05, 3.63) is 65.6 Å². The van der Waals surface area contributed by atoms with Gasteiger partial charge in [-0.2, -0.15) is 0 Å². The number of hydrogen-bond acceptors (Lipinski definition) is 5. The highest BCUT2D eigenvalue weighted by Crippen LogP contribution is 2.21. The summed E-state index contributed by atoms with van der Waals surface area (Å²) in [4.78, 5) is 20.2. The van der Waals surface area contributed by atoms with E-state index in [9.17, 15) is 4.79 Å². The summed E-state index contributed by atoms with van der Waals surface area (Å²) < 4.78 is 10.5. The fraction of sp³-hybridized carbons (Fsp3) is 0.167. The topological polar surface area (TPSA) is 60.8 Å². The van der Waals surface area contributed by atoms with Gasteiger partial charge in [0.25, 0.3) is 0 Å². The van der Waals surface area contributed by atoms with E-state index in [1.807, 2.05) is 30.3 Å². The van der Waals surface area contributed by atoms with Crippen molar-refractivity contribution in [3.8, 4) is 5.75 Å². The lowest BCUT2D eigenvalue weighted by Crippen LogP contribution is -2.05. The van der Waals surface area contributed by atoms with Crippen molar-refractivity contribution >= 4 is 17.9 Å². The van der Waals surface area contributed by atoms with E-state index in [0.29, 0.717) is 24.4 Å². The van der Waals surface area contributed by atoms with E-state index in [4.69, 9.17) is 9.47 Å². The molecule has 0 atom stereocenters. The normalized spacial score (nSPS) is 15.4. The van der Waals surface area contributed by atoms with Crippen LogP contribution in [0.15, 0.2) is 59.5 Å². The number of para-hydroxylation sites is 1. The second kappa shape index (κ2) is 6.87. The number of methoxy groups -OCH3 is 1. The zero-order chi connectivity index (χ0) is 16.1. The summed E-state index contributed by atoms with van der Waals surface area (Å²) in [6, 6.07) is 11.4. The van der Waals surface area contributed by atoms with Crippen LogP contribution in [-0.4, -0.2) is 24.0 Å². The maximum Gasteiger partial charge on any atom is 0.363 e. The van der Waals surface area contributed by atoms with E-state index in [2.05, 4.69) is 9.98 Å². The van der Waals surface area contributed by atoms with Gasteiger partial charge < -0.3 is 9.47 Å². The van der Waals surface area contributed by atoms with Crippen LogP contribution < -0.4 is 4.74 Å². The SMILES string of the molecule is COc1ccccc1CCC1=N/C(=C/c2cccnc2)C(=O)O1. The Bertz CT molecular complexity index is 767. The van der Waals surface area contributed by atoms with Gasteiger partial charge in [-0.25, -0.2) is 9.79 Å². The number of esters is 1. The molecule has 0 unspecified atom stereocenters. The number of aliphatic imine (C=N–C) groups is 1. The molecule has 116 valence electrons. The van der Waals surface area contributed by atoms with Gasteiger partial charge in [0, 0.05) is 18.8 Å². The van der Waals surface area contributed by atoms with Gasteiger partial charge in [-0.05, 0) is 35.8 Å². The average Bonchev–Trinajstić information content (AvgIpc) is 2.94. The van der Waals surface area contributed by atoms with Gasteiger partial charge in [-0.1, -0.05) is 24.3 Å². The smallest absolute Gasteiger partial charge is 0.363 e. The lowest BCUT2D eigenvalue weighted by atomic mass is 10.1. The number of hydrogen-bond donors (Lipinski definition) is 0. The van der Waals surface area contributed by atoms with E-state index in [1.54, 1.807) is 31.6 Å². The third kappa shape index (κ3) is 3.63. The van der Waals surface area contributed by atoms with Crippen molar-refractivity contribution in [1.82, 2.24) is 4.98 Å². The average molecular weight is 308 g/mol. The molecule has 0 saturated heterocycles. The van der Waals surface area contributed by atoms with Crippen LogP contribution in [0.1, 0.15) is 17.5 Å². The Hall–Kier alpha value is -2.95. The molecule has 0 bridgehead atoms. The lowest BCUT2D eigenvalue weighted by molar-refractivity contribution is -0.130. The molecule has 1 aliphatic rings. The van der Waals surface area contributed by atoms with Crippen LogP contribution in [0.25, 0.3) is 6.08 Å². The van der Waals surface area contributed by atoms with E-state index in [1.165, 1.54) is 0 Å². The third-order valence-electron chi connectivity index (χ3n) is 3.45. The molecule has 5 heteroatoms. The summed E-state index contributed by atoms with van der Waals surface area (Å²) in [5, 5.41) is 0. The molecule has 0 N–H and O–H groups in total. The predicted molar refractivity (Wildman–Crippen MR) is 87.1 cm³/mol. The van der Waals surface area contributed by atoms with Gasteiger partial charge in [-0.15, -0.1) is 0 Å². The largest absolute Gasteiger partial charge is 0.496 e. The standard InChI is InChI=1S/C18H16N2O3/c1-22-16-7-3-2-6-14(16)8-9-17-20-15(18(21)23-17)11-13-5-4-10-19-12-13/h2-7,10-12H,8-9H2,1H3/b15-11+. The van der Waals surface area contributed by atoms with E-state index in [0.717, 1.165) is 16.9 Å². The second-order valence-electron chi connectivity index (χ2n) is 5.02. The van der Waals surface area contributed by atoms with Gasteiger partial charge in [0.2, 0.25) is 0 Å². The molecular formula is C18H16N2O3. The van der Waals surface area contributed by atoms with Crippen molar-refractivity contribution < 1.29 is 14.3 Å². The fourth-order valence-electron chi connectivity index (χ4n) is 2.33. The fourth-order valence-corrected chi connectivity index (χ4v) is 2.33. The Balaban J connectivity index is 1.71. The van der Waals surface area contributed by atoms with Crippen molar-refractivity contribution in [2.75, 3.05) is 7.11 Å². The Kier molecular flexibility index (Phi) is 4.47. The van der Waals surface area contributed by atoms with E-state index < -0.39 is 5.97 Å². The van der Waals surface area contributed by atoms with Crippen molar-refractivity contribution in [2.45, 2.75) is 12.8 Å². The highest BCUT2D eigenvalue weighted by Gasteiger charge is 2.22. The number of benzene rings is 1. The van der Waals surface area contributed by atoms with Crippen molar-refractivity contribution in [1.29, 1.82) is 0 Å². The Labute approximate surface area is 134 Å². The first-order chi connectivity index (χ1) is 11.3. The van der Waals surface area contributed by atoms with Gasteiger partial charge in [-0.3, -0.25) is 4.98 Å². The third-order valence-corrected chi connectivity index (χ3v) is 3.45. The first kappa shape index (κ1) is 15.0. The minimum atomic E-state index is -0.427. The van der Waals surface area contributed by atoms with Crippen LogP contribution in [-0.2, 0) is 16.0 Å². The molecule has 2 aromatic rings. The highest BCUT2D eigenvalue weighted by molar-refractivity contribution is 6.07. The molecule has 0 fully saturated rings. The molecule has 0 radical (unpaired) electrons. The highest BCUT2D eigenvalue weighted by atomic mass is 16.6. The minimum Gasteiger partial charge on any atom is -0.496 e. The maximum atomic E-state index is 11.9. The number of carbonyl (C=O) groups excluding carboxylic acids is 1. The number of carbonyl (C=O) groups is 1. The second-order valence-corrected chi connectivity index (χ2v) is 5.02. The molecule has 3 rings (SSSR count). The molecule has 0 aliphatic carbocycles. The van der Waals surface area contributed by atoms with Gasteiger partial charge in [0.05, 0.1) is 7.11 Å². The molecule has 1 aromatic carbocycles. The molecule has 0 amide bonds. The van der Waals surface area contributed by atoms with Crippen LogP contribution in [0, 0.1) is 0 Å². The van der Waals surface area contributed by atoms with E-state index in [-0.39, 0.29) is 0 Å². The van der Waals surface area contributed by atoms with Gasteiger partial charge >= 0.3 is 5.97 Å². The van der Waals surface area contributed by atoms with Crippen LogP contribution in [0.4, 0.5) is 0 Å². The summed E-state index contributed by atoms with van der Waals surface area (Å²) in [6.07, 6.45) is 6.25. The summed E-state index contributed by atoms with van der Waals surface area (Å²) in [6.45, 7) is 0. The van der Waals surface area contributed by atoms with Gasteiger partial charge in [0.15, 0.2) is 11.6 Å². The van der Waals surface area contributed by atoms with Crippen LogP contribution in [0.2, 0.25) is 0 Å². The summed E-state index contributed by atoms with van der Waals surface area (Å²) in [5.74, 6) is 0.823. The number of cyclic esters (lactones) is 1. The van der Waals surface area contributed by atoms with Crippen LogP contribution in [0.5, 0.6) is 5.75 Å². The number of aryl methyl sites for hydroxylation is 1. The van der Waals surface area contributed by atoms with Crippen LogP contribution in [0.3, 0.4) is 0 Å². The zero-order valence-corrected chi connectivity index (χ0v) is 12.7. The van der Waals surface area contributed by atoms with Crippen molar-refractivity contribution in [3.63, 3.8) is 0 Å². The molecule has 1 aliphatic heterocycles. The predicted octanol–water partition coefficient (Wildman–Crippen LogP) is 3.02. The number of rotatable bonds is 5. The first-order valence-corrected chi connectivity index (χ1v) is 7.29. The molecular weight excluding hydrogens is 292 g/mol.